The van der Waals surface area contributed by atoms with E-state index < -0.39 is 0 Å². The summed E-state index contributed by atoms with van der Waals surface area (Å²) in [6.07, 6.45) is 0.835. The molecule has 0 aromatic heterocycles. The zero-order valence-electron chi connectivity index (χ0n) is 9.44. The van der Waals surface area contributed by atoms with Crippen molar-refractivity contribution in [1.29, 1.82) is 0 Å². The second kappa shape index (κ2) is 5.42. The molecule has 0 amide bonds. The molecule has 0 aromatic carbocycles. The molecule has 0 aliphatic rings. The molecule has 0 heterocycles. The molecule has 0 fully saturated rings. The van der Waals surface area contributed by atoms with E-state index in [1.807, 2.05) is 20.8 Å². The van der Waals surface area contributed by atoms with Gasteiger partial charge in [-0.3, -0.25) is 4.79 Å². The fraction of sp³-hybridized carbons (Fsp3) is 0.900. The number of hydrogen-bond donors (Lipinski definition) is 0. The highest BCUT2D eigenvalue weighted by atomic mass is 28.3. The van der Waals surface area contributed by atoms with Crippen molar-refractivity contribution in [2.45, 2.75) is 46.3 Å². The summed E-state index contributed by atoms with van der Waals surface area (Å²) in [5, 5.41) is 0. The van der Waals surface area contributed by atoms with Crippen LogP contribution < -0.4 is 0 Å². The summed E-state index contributed by atoms with van der Waals surface area (Å²) in [6.45, 7) is 10.9. The Morgan fingerprint density at radius 2 is 1.92 bits per heavy atom. The number of carbonyl (C=O) groups is 1. The van der Waals surface area contributed by atoms with Gasteiger partial charge in [0.05, 0.1) is 12.0 Å². The van der Waals surface area contributed by atoms with E-state index in [4.69, 9.17) is 4.74 Å². The Balaban J connectivity index is 3.75. The van der Waals surface area contributed by atoms with Crippen LogP contribution in [0.1, 0.15) is 27.2 Å². The van der Waals surface area contributed by atoms with Crippen molar-refractivity contribution < 1.29 is 9.53 Å². The van der Waals surface area contributed by atoms with Crippen molar-refractivity contribution in [3.05, 3.63) is 0 Å². The highest BCUT2D eigenvalue weighted by Crippen LogP contribution is 2.21. The van der Waals surface area contributed by atoms with Crippen LogP contribution in [0, 0.1) is 5.41 Å². The largest absolute Gasteiger partial charge is 0.466 e. The van der Waals surface area contributed by atoms with E-state index in [0.29, 0.717) is 6.61 Å². The quantitative estimate of drug-likeness (QED) is 0.505. The smallest absolute Gasteiger partial charge is 0.311 e. The Morgan fingerprint density at radius 3 is 2.31 bits per heavy atom. The van der Waals surface area contributed by atoms with Crippen molar-refractivity contribution in [1.82, 2.24) is 0 Å². The molecule has 3 heteroatoms. The normalized spacial score (nSPS) is 11.8. The maximum atomic E-state index is 11.5. The molecule has 0 aliphatic carbocycles. The molecule has 77 valence electrons. The summed E-state index contributed by atoms with van der Waals surface area (Å²) in [5.41, 5.74) is -0.311. The van der Waals surface area contributed by atoms with Gasteiger partial charge in [0.15, 0.2) is 0 Å². The van der Waals surface area contributed by atoms with E-state index in [9.17, 15) is 4.79 Å². The highest BCUT2D eigenvalue weighted by molar-refractivity contribution is 6.55. The molecular formula is C10H21O2Si. The first-order chi connectivity index (χ1) is 5.90. The summed E-state index contributed by atoms with van der Waals surface area (Å²) in [6, 6.07) is 1.05. The predicted octanol–water partition coefficient (Wildman–Crippen LogP) is 2.72. The van der Waals surface area contributed by atoms with Gasteiger partial charge in [0.25, 0.3) is 0 Å². The molecule has 0 atom stereocenters. The van der Waals surface area contributed by atoms with Gasteiger partial charge in [-0.25, -0.2) is 0 Å². The van der Waals surface area contributed by atoms with Gasteiger partial charge in [-0.1, -0.05) is 20.0 Å². The van der Waals surface area contributed by atoms with Crippen LogP contribution in [0.2, 0.25) is 19.1 Å². The summed E-state index contributed by atoms with van der Waals surface area (Å²) < 4.78 is 5.20. The first kappa shape index (κ1) is 12.7. The van der Waals surface area contributed by atoms with Crippen molar-refractivity contribution >= 4 is 14.8 Å². The molecule has 1 radical (unpaired) electrons. The number of hydrogen-bond acceptors (Lipinski definition) is 2. The Kier molecular flexibility index (Phi) is 5.29. The van der Waals surface area contributed by atoms with Crippen LogP contribution in [0.25, 0.3) is 0 Å². The molecule has 0 saturated heterocycles. The first-order valence-electron chi connectivity index (χ1n) is 4.86. The number of esters is 1. The Morgan fingerprint density at radius 1 is 1.38 bits per heavy atom. The zero-order chi connectivity index (χ0) is 10.5. The molecule has 0 rings (SSSR count). The van der Waals surface area contributed by atoms with Crippen LogP contribution in [0.5, 0.6) is 0 Å². The second-order valence-corrected chi connectivity index (χ2v) is 7.24. The maximum absolute atomic E-state index is 11.5. The molecule has 2 nitrogen and oxygen atoms in total. The molecule has 0 N–H and O–H groups in total. The number of ether oxygens (including phenoxy) is 1. The molecule has 13 heavy (non-hydrogen) atoms. The Bertz CT molecular complexity index is 164. The van der Waals surface area contributed by atoms with E-state index in [1.54, 1.807) is 0 Å². The lowest BCUT2D eigenvalue weighted by molar-refractivity contribution is -0.153. The minimum absolute atomic E-state index is 0.0572. The van der Waals surface area contributed by atoms with Crippen molar-refractivity contribution in [2.75, 3.05) is 6.61 Å². The van der Waals surface area contributed by atoms with Crippen LogP contribution in [-0.4, -0.2) is 21.4 Å². The van der Waals surface area contributed by atoms with Gasteiger partial charge in [0.1, 0.15) is 0 Å². The van der Waals surface area contributed by atoms with Gasteiger partial charge >= 0.3 is 5.97 Å². The van der Waals surface area contributed by atoms with Crippen molar-refractivity contribution in [3.63, 3.8) is 0 Å². The molecule has 0 spiro atoms. The van der Waals surface area contributed by atoms with E-state index >= 15 is 0 Å². The third-order valence-corrected chi connectivity index (χ3v) is 3.48. The highest BCUT2D eigenvalue weighted by Gasteiger charge is 2.26. The minimum Gasteiger partial charge on any atom is -0.466 e. The van der Waals surface area contributed by atoms with Gasteiger partial charge in [-0.2, -0.15) is 0 Å². The average Bonchev–Trinajstić information content (AvgIpc) is 2.03. The molecule has 0 bridgehead atoms. The average molecular weight is 201 g/mol. The third-order valence-electron chi connectivity index (χ3n) is 2.27. The summed E-state index contributed by atoms with van der Waals surface area (Å²) in [4.78, 5) is 11.5. The van der Waals surface area contributed by atoms with Crippen LogP contribution >= 0.6 is 0 Å². The van der Waals surface area contributed by atoms with Crippen LogP contribution in [0.4, 0.5) is 0 Å². The lowest BCUT2D eigenvalue weighted by Gasteiger charge is -2.20. The molecular weight excluding hydrogens is 180 g/mol. The molecule has 0 unspecified atom stereocenters. The van der Waals surface area contributed by atoms with Gasteiger partial charge in [-0.15, -0.1) is 0 Å². The standard InChI is InChI=1S/C10H21O2Si/c1-6-10(2,3)9(11)12-7-8-13(4)5/h6-8H2,1-5H3. The van der Waals surface area contributed by atoms with Gasteiger partial charge < -0.3 is 4.74 Å². The SMILES string of the molecule is CCC(C)(C)C(=O)OCC[Si](C)C. The van der Waals surface area contributed by atoms with Crippen LogP contribution in [-0.2, 0) is 9.53 Å². The summed E-state index contributed by atoms with van der Waals surface area (Å²) in [5.74, 6) is -0.0572. The minimum atomic E-state index is -0.311. The summed E-state index contributed by atoms with van der Waals surface area (Å²) in [7, 11) is -0.259. The van der Waals surface area contributed by atoms with Crippen LogP contribution in [0.15, 0.2) is 0 Å². The number of rotatable bonds is 5. The fourth-order valence-corrected chi connectivity index (χ4v) is 1.20. The number of carbonyl (C=O) groups excluding carboxylic acids is 1. The van der Waals surface area contributed by atoms with E-state index in [1.165, 1.54) is 0 Å². The summed E-state index contributed by atoms with van der Waals surface area (Å²) >= 11 is 0. The van der Waals surface area contributed by atoms with E-state index in [0.717, 1.165) is 12.5 Å². The first-order valence-corrected chi connectivity index (χ1v) is 7.57. The molecule has 0 aliphatic heterocycles. The molecule has 0 saturated carbocycles. The Labute approximate surface area is 83.3 Å². The van der Waals surface area contributed by atoms with Gasteiger partial charge in [0, 0.05) is 8.80 Å². The topological polar surface area (TPSA) is 26.3 Å². The van der Waals surface area contributed by atoms with Gasteiger partial charge in [0.2, 0.25) is 0 Å². The van der Waals surface area contributed by atoms with E-state index in [2.05, 4.69) is 13.1 Å². The third kappa shape index (κ3) is 5.08. The van der Waals surface area contributed by atoms with E-state index in [-0.39, 0.29) is 20.2 Å². The lowest BCUT2D eigenvalue weighted by Crippen LogP contribution is -2.26. The monoisotopic (exact) mass is 201 g/mol. The fourth-order valence-electron chi connectivity index (χ4n) is 0.688. The van der Waals surface area contributed by atoms with Gasteiger partial charge in [-0.05, 0) is 26.3 Å². The second-order valence-electron chi connectivity index (χ2n) is 4.33. The lowest BCUT2D eigenvalue weighted by atomic mass is 9.91. The maximum Gasteiger partial charge on any atom is 0.311 e. The van der Waals surface area contributed by atoms with Crippen LogP contribution in [0.3, 0.4) is 0 Å². The zero-order valence-corrected chi connectivity index (χ0v) is 10.4. The van der Waals surface area contributed by atoms with Crippen molar-refractivity contribution in [3.8, 4) is 0 Å². The Hall–Kier alpha value is -0.313. The predicted molar refractivity (Wildman–Crippen MR) is 57.3 cm³/mol. The van der Waals surface area contributed by atoms with Crippen molar-refractivity contribution in [2.24, 2.45) is 5.41 Å². The molecule has 0 aromatic rings.